The maximum Gasteiger partial charge on any atom is 0.272 e. The summed E-state index contributed by atoms with van der Waals surface area (Å²) in [4.78, 5) is 63.8. The summed E-state index contributed by atoms with van der Waals surface area (Å²) in [6.07, 6.45) is 3.53. The summed E-state index contributed by atoms with van der Waals surface area (Å²) < 4.78 is 0. The number of hydrogen-bond acceptors (Lipinski definition) is 7. The Morgan fingerprint density at radius 1 is 0.947 bits per heavy atom. The second kappa shape index (κ2) is 12.7. The number of nitrogens with one attached hydrogen (secondary N) is 4. The van der Waals surface area contributed by atoms with E-state index in [1.807, 2.05) is 42.5 Å². The van der Waals surface area contributed by atoms with Crippen LogP contribution in [0.3, 0.4) is 0 Å². The van der Waals surface area contributed by atoms with Crippen LogP contribution >= 0.6 is 0 Å². The Balaban J connectivity index is 1.64. The van der Waals surface area contributed by atoms with Gasteiger partial charge in [-0.2, -0.15) is 0 Å². The van der Waals surface area contributed by atoms with Gasteiger partial charge in [-0.15, -0.1) is 0 Å². The number of carbonyl (C=O) groups is 4. The van der Waals surface area contributed by atoms with Crippen molar-refractivity contribution in [3.8, 4) is 0 Å². The van der Waals surface area contributed by atoms with E-state index in [-0.39, 0.29) is 12.2 Å². The van der Waals surface area contributed by atoms with Crippen LogP contribution in [0.1, 0.15) is 50.2 Å². The van der Waals surface area contributed by atoms with Gasteiger partial charge in [-0.1, -0.05) is 42.5 Å². The first-order valence-electron chi connectivity index (χ1n) is 12.1. The molecule has 0 saturated heterocycles. The molecule has 3 rings (SSSR count). The number of fused-ring (bicyclic) bond motifs is 1. The lowest BCUT2D eigenvalue weighted by Crippen LogP contribution is -2.54. The molecular weight excluding hydrogens is 488 g/mol. The average Bonchev–Trinajstić information content (AvgIpc) is 2.90. The first-order chi connectivity index (χ1) is 18.0. The van der Waals surface area contributed by atoms with Crippen LogP contribution in [0.15, 0.2) is 61.1 Å². The molecule has 0 spiro atoms. The molecule has 0 aliphatic rings. The second-order valence-electron chi connectivity index (χ2n) is 9.65. The molecule has 200 valence electrons. The summed E-state index contributed by atoms with van der Waals surface area (Å²) >= 11 is 0. The van der Waals surface area contributed by atoms with Gasteiger partial charge in [0.05, 0.1) is 18.2 Å². The standard InChI is InChI=1S/C27H32N6O5/c1-17(24(35)30-15-19-10-7-9-18-8-5-6-11-20(18)19)31-25(36)21(14-23(34)33-38-27(2,3)4)32-26(37)22-16-28-12-13-29-22/h5-13,16-17,21H,14-15H2,1-4H3,(H,30,35)(H,31,36)(H,32,37)(H,33,34). The number of benzene rings is 2. The molecular formula is C27H32N6O5. The van der Waals surface area contributed by atoms with E-state index in [2.05, 4.69) is 31.4 Å². The van der Waals surface area contributed by atoms with Crippen molar-refractivity contribution >= 4 is 34.4 Å². The van der Waals surface area contributed by atoms with E-state index in [4.69, 9.17) is 4.84 Å². The molecule has 11 nitrogen and oxygen atoms in total. The van der Waals surface area contributed by atoms with Gasteiger partial charge in [0.2, 0.25) is 17.7 Å². The van der Waals surface area contributed by atoms with Gasteiger partial charge in [0.25, 0.3) is 5.91 Å². The van der Waals surface area contributed by atoms with Crippen LogP contribution in [-0.4, -0.2) is 51.3 Å². The van der Waals surface area contributed by atoms with Crippen LogP contribution in [0.5, 0.6) is 0 Å². The van der Waals surface area contributed by atoms with Crippen LogP contribution < -0.4 is 21.4 Å². The average molecular weight is 521 g/mol. The second-order valence-corrected chi connectivity index (χ2v) is 9.65. The van der Waals surface area contributed by atoms with Gasteiger partial charge in [0.1, 0.15) is 17.8 Å². The van der Waals surface area contributed by atoms with Crippen molar-refractivity contribution < 1.29 is 24.0 Å². The SMILES string of the molecule is CC(NC(=O)C(CC(=O)NOC(C)(C)C)NC(=O)c1cnccn1)C(=O)NCc1cccc2ccccc12. The number of hydroxylamine groups is 1. The summed E-state index contributed by atoms with van der Waals surface area (Å²) in [6.45, 7) is 7.00. The topological polar surface area (TPSA) is 151 Å². The first kappa shape index (κ1) is 28.2. The minimum Gasteiger partial charge on any atom is -0.350 e. The van der Waals surface area contributed by atoms with E-state index >= 15 is 0 Å². The Morgan fingerprint density at radius 2 is 1.68 bits per heavy atom. The highest BCUT2D eigenvalue weighted by Crippen LogP contribution is 2.18. The predicted molar refractivity (Wildman–Crippen MR) is 140 cm³/mol. The van der Waals surface area contributed by atoms with Gasteiger partial charge < -0.3 is 16.0 Å². The minimum absolute atomic E-state index is 0.0301. The number of nitrogens with zero attached hydrogens (tertiary/aromatic N) is 2. The fraction of sp³-hybridized carbons (Fsp3) is 0.333. The third kappa shape index (κ3) is 8.34. The van der Waals surface area contributed by atoms with Gasteiger partial charge in [-0.25, -0.2) is 10.5 Å². The summed E-state index contributed by atoms with van der Waals surface area (Å²) in [5.41, 5.74) is 2.51. The van der Waals surface area contributed by atoms with Gasteiger partial charge in [0.15, 0.2) is 0 Å². The Morgan fingerprint density at radius 3 is 2.39 bits per heavy atom. The number of aromatic nitrogens is 2. The first-order valence-corrected chi connectivity index (χ1v) is 12.1. The summed E-state index contributed by atoms with van der Waals surface area (Å²) in [5, 5.41) is 9.94. The lowest BCUT2D eigenvalue weighted by molar-refractivity contribution is -0.147. The van der Waals surface area contributed by atoms with Crippen molar-refractivity contribution in [2.75, 3.05) is 0 Å². The molecule has 1 heterocycles. The van der Waals surface area contributed by atoms with Crippen LogP contribution in [0, 0.1) is 0 Å². The quantitative estimate of drug-likeness (QED) is 0.298. The number of rotatable bonds is 10. The Hall–Kier alpha value is -4.38. The van der Waals surface area contributed by atoms with Gasteiger partial charge in [-0.3, -0.25) is 29.0 Å². The summed E-state index contributed by atoms with van der Waals surface area (Å²) in [6, 6.07) is 11.4. The highest BCUT2D eigenvalue weighted by molar-refractivity contribution is 5.98. The lowest BCUT2D eigenvalue weighted by atomic mass is 10.0. The van der Waals surface area contributed by atoms with Crippen molar-refractivity contribution in [1.29, 1.82) is 0 Å². The summed E-state index contributed by atoms with van der Waals surface area (Å²) in [7, 11) is 0. The lowest BCUT2D eigenvalue weighted by Gasteiger charge is -2.22. The summed E-state index contributed by atoms with van der Waals surface area (Å²) in [5.74, 6) is -2.48. The Labute approximate surface area is 220 Å². The number of hydrogen-bond donors (Lipinski definition) is 4. The van der Waals surface area contributed by atoms with Crippen molar-refractivity contribution in [2.24, 2.45) is 0 Å². The molecule has 0 aliphatic heterocycles. The Kier molecular flexibility index (Phi) is 9.44. The molecule has 0 radical (unpaired) electrons. The monoisotopic (exact) mass is 520 g/mol. The molecule has 2 atom stereocenters. The fourth-order valence-electron chi connectivity index (χ4n) is 3.46. The molecule has 0 fully saturated rings. The molecule has 3 aromatic rings. The maximum absolute atomic E-state index is 13.0. The largest absolute Gasteiger partial charge is 0.350 e. The van der Waals surface area contributed by atoms with Crippen molar-refractivity contribution in [1.82, 2.24) is 31.4 Å². The molecule has 38 heavy (non-hydrogen) atoms. The van der Waals surface area contributed by atoms with Crippen LogP contribution in [0.25, 0.3) is 10.8 Å². The maximum atomic E-state index is 13.0. The zero-order chi connectivity index (χ0) is 27.7. The molecule has 2 unspecified atom stereocenters. The molecule has 2 aromatic carbocycles. The van der Waals surface area contributed by atoms with E-state index in [0.717, 1.165) is 16.3 Å². The zero-order valence-corrected chi connectivity index (χ0v) is 21.8. The van der Waals surface area contributed by atoms with Gasteiger partial charge in [-0.05, 0) is 44.0 Å². The fourth-order valence-corrected chi connectivity index (χ4v) is 3.46. The van der Waals surface area contributed by atoms with E-state index in [1.54, 1.807) is 20.8 Å². The molecule has 0 aliphatic carbocycles. The van der Waals surface area contributed by atoms with Crippen LogP contribution in [0.4, 0.5) is 0 Å². The third-order valence-corrected chi connectivity index (χ3v) is 5.36. The van der Waals surface area contributed by atoms with Crippen LogP contribution in [-0.2, 0) is 25.8 Å². The predicted octanol–water partition coefficient (Wildman–Crippen LogP) is 1.79. The third-order valence-electron chi connectivity index (χ3n) is 5.36. The van der Waals surface area contributed by atoms with E-state index < -0.39 is 47.7 Å². The smallest absolute Gasteiger partial charge is 0.272 e. The Bertz CT molecular complexity index is 1290. The van der Waals surface area contributed by atoms with Crippen LogP contribution in [0.2, 0.25) is 0 Å². The molecule has 1 aromatic heterocycles. The van der Waals surface area contributed by atoms with Crippen molar-refractivity contribution in [3.05, 3.63) is 72.3 Å². The van der Waals surface area contributed by atoms with Gasteiger partial charge in [0, 0.05) is 18.9 Å². The van der Waals surface area contributed by atoms with E-state index in [0.29, 0.717) is 0 Å². The highest BCUT2D eigenvalue weighted by atomic mass is 16.7. The number of carbonyl (C=O) groups excluding carboxylic acids is 4. The highest BCUT2D eigenvalue weighted by Gasteiger charge is 2.28. The molecule has 0 bridgehead atoms. The van der Waals surface area contributed by atoms with Crippen molar-refractivity contribution in [3.63, 3.8) is 0 Å². The zero-order valence-electron chi connectivity index (χ0n) is 21.8. The van der Waals surface area contributed by atoms with E-state index in [1.165, 1.54) is 25.5 Å². The molecule has 4 N–H and O–H groups in total. The molecule has 11 heteroatoms. The van der Waals surface area contributed by atoms with E-state index in [9.17, 15) is 19.2 Å². The van der Waals surface area contributed by atoms with Gasteiger partial charge >= 0.3 is 0 Å². The minimum atomic E-state index is -1.30. The molecule has 0 saturated carbocycles. The normalized spacial score (nSPS) is 12.7. The molecule has 4 amide bonds. The van der Waals surface area contributed by atoms with Crippen molar-refractivity contribution in [2.45, 2.75) is 58.3 Å². The number of amides is 4.